The van der Waals surface area contributed by atoms with Crippen LogP contribution in [0.4, 0.5) is 0 Å². The van der Waals surface area contributed by atoms with Crippen molar-refractivity contribution in [2.24, 2.45) is 58.2 Å². The normalized spacial score (nSPS) is 50.0. The van der Waals surface area contributed by atoms with Gasteiger partial charge in [-0.2, -0.15) is 0 Å². The summed E-state index contributed by atoms with van der Waals surface area (Å²) < 4.78 is 0. The Balaban J connectivity index is 1.53. The molecule has 1 N–H and O–H groups in total. The molecule has 0 aromatic heterocycles. The van der Waals surface area contributed by atoms with Gasteiger partial charge in [0.05, 0.1) is 6.10 Å². The van der Waals surface area contributed by atoms with Crippen LogP contribution in [-0.4, -0.2) is 11.2 Å². The molecular formula is C29H50O. The molecule has 10 atom stereocenters. The Kier molecular flexibility index (Phi) is 6.28. The quantitative estimate of drug-likeness (QED) is 0.464. The van der Waals surface area contributed by atoms with E-state index in [2.05, 4.69) is 54.5 Å². The Bertz CT molecular complexity index is 649. The lowest BCUT2D eigenvalue weighted by molar-refractivity contribution is -0.148. The van der Waals surface area contributed by atoms with Gasteiger partial charge in [-0.3, -0.25) is 0 Å². The van der Waals surface area contributed by atoms with Crippen LogP contribution in [0.1, 0.15) is 106 Å². The van der Waals surface area contributed by atoms with E-state index in [1.165, 1.54) is 51.4 Å². The lowest BCUT2D eigenvalue weighted by Crippen LogP contribution is -2.56. The van der Waals surface area contributed by atoms with Gasteiger partial charge in [-0.05, 0) is 123 Å². The van der Waals surface area contributed by atoms with Crippen molar-refractivity contribution in [3.63, 3.8) is 0 Å². The largest absolute Gasteiger partial charge is 0.393 e. The van der Waals surface area contributed by atoms with Crippen LogP contribution in [0.2, 0.25) is 0 Å². The van der Waals surface area contributed by atoms with Gasteiger partial charge in [0.25, 0.3) is 0 Å². The van der Waals surface area contributed by atoms with E-state index in [-0.39, 0.29) is 6.10 Å². The number of fused-ring (bicyclic) bond motifs is 5. The highest BCUT2D eigenvalue weighted by Crippen LogP contribution is 2.68. The molecule has 30 heavy (non-hydrogen) atoms. The minimum Gasteiger partial charge on any atom is -0.393 e. The Hall–Kier alpha value is -0.300. The van der Waals surface area contributed by atoms with E-state index in [0.29, 0.717) is 16.7 Å². The average Bonchev–Trinajstić information content (AvgIpc) is 3.01. The molecule has 0 bridgehead atoms. The second-order valence-corrected chi connectivity index (χ2v) is 13.2. The minimum atomic E-state index is -0.0499. The lowest BCUT2D eigenvalue weighted by atomic mass is 9.43. The molecule has 4 fully saturated rings. The van der Waals surface area contributed by atoms with Crippen LogP contribution < -0.4 is 0 Å². The highest BCUT2D eigenvalue weighted by molar-refractivity contribution is 5.13. The van der Waals surface area contributed by atoms with Gasteiger partial charge >= 0.3 is 0 Å². The summed E-state index contributed by atoms with van der Waals surface area (Å²) in [5.74, 6) is 6.44. The Morgan fingerprint density at radius 1 is 0.900 bits per heavy atom. The van der Waals surface area contributed by atoms with Crippen molar-refractivity contribution in [2.45, 2.75) is 112 Å². The summed E-state index contributed by atoms with van der Waals surface area (Å²) in [6.45, 7) is 17.2. The van der Waals surface area contributed by atoms with Gasteiger partial charge in [0, 0.05) is 0 Å². The van der Waals surface area contributed by atoms with Gasteiger partial charge in [0.15, 0.2) is 0 Å². The number of hydrogen-bond acceptors (Lipinski definition) is 1. The summed E-state index contributed by atoms with van der Waals surface area (Å²) in [5, 5.41) is 10.5. The SMILES string of the molecule is CC(=CC(C)C1CCC2C3CCC4C(C)C(O)CCC4(C)C3CCC12C)CC(C)C. The molecule has 0 radical (unpaired) electrons. The second kappa shape index (κ2) is 8.24. The number of aliphatic hydroxyl groups is 1. The molecule has 0 spiro atoms. The topological polar surface area (TPSA) is 20.2 Å². The summed E-state index contributed by atoms with van der Waals surface area (Å²) in [6.07, 6.45) is 14.8. The predicted molar refractivity (Wildman–Crippen MR) is 128 cm³/mol. The van der Waals surface area contributed by atoms with Crippen molar-refractivity contribution in [2.75, 3.05) is 0 Å². The maximum absolute atomic E-state index is 10.5. The van der Waals surface area contributed by atoms with Gasteiger partial charge < -0.3 is 5.11 Å². The van der Waals surface area contributed by atoms with Gasteiger partial charge in [0.2, 0.25) is 0 Å². The zero-order valence-electron chi connectivity index (χ0n) is 21.1. The Morgan fingerprint density at radius 3 is 2.23 bits per heavy atom. The molecule has 1 nitrogen and oxygen atoms in total. The molecular weight excluding hydrogens is 364 g/mol. The van der Waals surface area contributed by atoms with Crippen molar-refractivity contribution in [1.82, 2.24) is 0 Å². The molecule has 4 saturated carbocycles. The Morgan fingerprint density at radius 2 is 1.53 bits per heavy atom. The third-order valence-electron chi connectivity index (χ3n) is 11.1. The van der Waals surface area contributed by atoms with Crippen LogP contribution in [0.5, 0.6) is 0 Å². The van der Waals surface area contributed by atoms with Crippen LogP contribution in [-0.2, 0) is 0 Å². The highest BCUT2D eigenvalue weighted by atomic mass is 16.3. The number of rotatable bonds is 4. The standard InChI is InChI=1S/C29H50O/c1-18(2)16-19(3)17-20(4)23-10-11-25-22-8-9-24-21(5)27(30)13-15-29(24,7)26(22)12-14-28(23,25)6/h17-18,20-27,30H,8-16H2,1-7H3. The molecule has 0 aromatic carbocycles. The van der Waals surface area contributed by atoms with Gasteiger partial charge in [-0.25, -0.2) is 0 Å². The molecule has 10 unspecified atom stereocenters. The van der Waals surface area contributed by atoms with Crippen LogP contribution in [0.15, 0.2) is 11.6 Å². The average molecular weight is 415 g/mol. The van der Waals surface area contributed by atoms with E-state index in [9.17, 15) is 5.11 Å². The van der Waals surface area contributed by atoms with E-state index < -0.39 is 0 Å². The summed E-state index contributed by atoms with van der Waals surface area (Å²) in [5.41, 5.74) is 2.65. The summed E-state index contributed by atoms with van der Waals surface area (Å²) in [6, 6.07) is 0. The second-order valence-electron chi connectivity index (χ2n) is 13.2. The summed E-state index contributed by atoms with van der Waals surface area (Å²) in [7, 11) is 0. The van der Waals surface area contributed by atoms with Crippen LogP contribution in [0, 0.1) is 58.2 Å². The van der Waals surface area contributed by atoms with Gasteiger partial charge in [0.1, 0.15) is 0 Å². The van der Waals surface area contributed by atoms with Crippen molar-refractivity contribution in [3.05, 3.63) is 11.6 Å². The first-order valence-electron chi connectivity index (χ1n) is 13.4. The number of aliphatic hydroxyl groups excluding tert-OH is 1. The first kappa shape index (κ1) is 22.9. The van der Waals surface area contributed by atoms with Crippen LogP contribution in [0.25, 0.3) is 0 Å². The zero-order chi connectivity index (χ0) is 21.8. The van der Waals surface area contributed by atoms with Crippen molar-refractivity contribution in [3.8, 4) is 0 Å². The number of allylic oxidation sites excluding steroid dienone is 2. The minimum absolute atomic E-state index is 0.0499. The summed E-state index contributed by atoms with van der Waals surface area (Å²) in [4.78, 5) is 0. The molecule has 0 amide bonds. The highest BCUT2D eigenvalue weighted by Gasteiger charge is 2.61. The molecule has 1 heteroatoms. The molecule has 4 aliphatic carbocycles. The monoisotopic (exact) mass is 414 g/mol. The van der Waals surface area contributed by atoms with Gasteiger partial charge in [-0.15, -0.1) is 0 Å². The molecule has 0 aliphatic heterocycles. The van der Waals surface area contributed by atoms with Crippen LogP contribution in [0.3, 0.4) is 0 Å². The van der Waals surface area contributed by atoms with E-state index in [1.54, 1.807) is 5.57 Å². The van der Waals surface area contributed by atoms with Crippen molar-refractivity contribution < 1.29 is 5.11 Å². The first-order valence-corrected chi connectivity index (χ1v) is 13.4. The zero-order valence-corrected chi connectivity index (χ0v) is 21.1. The molecule has 172 valence electrons. The third kappa shape index (κ3) is 3.64. The van der Waals surface area contributed by atoms with Crippen molar-refractivity contribution >= 4 is 0 Å². The van der Waals surface area contributed by atoms with Crippen LogP contribution >= 0.6 is 0 Å². The summed E-state index contributed by atoms with van der Waals surface area (Å²) >= 11 is 0. The van der Waals surface area contributed by atoms with E-state index in [0.717, 1.165) is 47.8 Å². The molecule has 0 aromatic rings. The fourth-order valence-corrected chi connectivity index (χ4v) is 9.89. The van der Waals surface area contributed by atoms with Crippen molar-refractivity contribution in [1.29, 1.82) is 0 Å². The molecule has 4 rings (SSSR count). The van der Waals surface area contributed by atoms with E-state index >= 15 is 0 Å². The molecule has 4 aliphatic rings. The fraction of sp³-hybridized carbons (Fsp3) is 0.931. The molecule has 0 heterocycles. The van der Waals surface area contributed by atoms with E-state index in [1.807, 2.05) is 0 Å². The maximum Gasteiger partial charge on any atom is 0.0568 e. The van der Waals surface area contributed by atoms with E-state index in [4.69, 9.17) is 0 Å². The fourth-order valence-electron chi connectivity index (χ4n) is 9.89. The third-order valence-corrected chi connectivity index (χ3v) is 11.1. The molecule has 0 saturated heterocycles. The predicted octanol–water partition coefficient (Wildman–Crippen LogP) is 7.88. The Labute approximate surface area is 187 Å². The van der Waals surface area contributed by atoms with Gasteiger partial charge in [-0.1, -0.05) is 53.2 Å². The first-order chi connectivity index (χ1) is 14.1. The lowest BCUT2D eigenvalue weighted by Gasteiger charge is -2.62. The maximum atomic E-state index is 10.5. The number of hydrogen-bond donors (Lipinski definition) is 1. The smallest absolute Gasteiger partial charge is 0.0568 e.